The van der Waals surface area contributed by atoms with Crippen LogP contribution in [0.5, 0.6) is 5.75 Å². The quantitative estimate of drug-likeness (QED) is 0.356. The van der Waals surface area contributed by atoms with Crippen LogP contribution in [0, 0.1) is 0 Å². The van der Waals surface area contributed by atoms with Crippen molar-refractivity contribution >= 4 is 11.8 Å². The molecular weight excluding hydrogens is 460 g/mol. The van der Waals surface area contributed by atoms with E-state index < -0.39 is 6.04 Å². The van der Waals surface area contributed by atoms with Gasteiger partial charge in [-0.2, -0.15) is 0 Å². The van der Waals surface area contributed by atoms with Gasteiger partial charge >= 0.3 is 0 Å². The van der Waals surface area contributed by atoms with Crippen LogP contribution in [0.15, 0.2) is 84.9 Å². The average Bonchev–Trinajstić information content (AvgIpc) is 2.90. The van der Waals surface area contributed by atoms with Gasteiger partial charge in [-0.05, 0) is 41.5 Å². The van der Waals surface area contributed by atoms with Crippen molar-refractivity contribution < 1.29 is 14.3 Å². The Morgan fingerprint density at radius 1 is 0.865 bits per heavy atom. The second-order valence-corrected chi connectivity index (χ2v) is 10.6. The molecule has 5 nitrogen and oxygen atoms in total. The standard InChI is InChI=1S/C32H40N2O3/c1-6-24(2)33-31(36)28(21-25-15-9-7-10-16-25)34(22-26-17-11-8-12-18-26)30(35)23-37-29-20-14-13-19-27(29)32(3,4)5/h7-20,24,28H,6,21-23H2,1-5H3,(H,33,36)/t24-,28+/m0/s1. The van der Waals surface area contributed by atoms with Gasteiger partial charge < -0.3 is 15.0 Å². The Morgan fingerprint density at radius 3 is 2.03 bits per heavy atom. The Hall–Kier alpha value is -3.60. The highest BCUT2D eigenvalue weighted by Gasteiger charge is 2.31. The van der Waals surface area contributed by atoms with Crippen molar-refractivity contribution in [2.75, 3.05) is 6.61 Å². The predicted octanol–water partition coefficient (Wildman–Crippen LogP) is 5.92. The predicted molar refractivity (Wildman–Crippen MR) is 149 cm³/mol. The summed E-state index contributed by atoms with van der Waals surface area (Å²) in [6.07, 6.45) is 1.23. The summed E-state index contributed by atoms with van der Waals surface area (Å²) in [7, 11) is 0. The van der Waals surface area contributed by atoms with E-state index in [0.29, 0.717) is 18.7 Å². The molecule has 3 aromatic rings. The van der Waals surface area contributed by atoms with Gasteiger partial charge in [-0.3, -0.25) is 9.59 Å². The lowest BCUT2D eigenvalue weighted by atomic mass is 9.86. The largest absolute Gasteiger partial charge is 0.483 e. The molecule has 0 saturated heterocycles. The molecule has 0 aromatic heterocycles. The van der Waals surface area contributed by atoms with Gasteiger partial charge in [0.05, 0.1) is 0 Å². The Morgan fingerprint density at radius 2 is 1.43 bits per heavy atom. The van der Waals surface area contributed by atoms with Crippen molar-refractivity contribution in [2.24, 2.45) is 0 Å². The van der Waals surface area contributed by atoms with E-state index in [0.717, 1.165) is 23.1 Å². The molecule has 0 aliphatic carbocycles. The molecule has 0 aliphatic rings. The molecule has 3 aromatic carbocycles. The zero-order valence-corrected chi connectivity index (χ0v) is 22.7. The van der Waals surface area contributed by atoms with Crippen LogP contribution in [0.4, 0.5) is 0 Å². The second kappa shape index (κ2) is 13.1. The number of amides is 2. The van der Waals surface area contributed by atoms with Gasteiger partial charge in [0.15, 0.2) is 6.61 Å². The van der Waals surface area contributed by atoms with Crippen molar-refractivity contribution in [1.29, 1.82) is 0 Å². The number of rotatable bonds is 11. The lowest BCUT2D eigenvalue weighted by molar-refractivity contribution is -0.143. The minimum absolute atomic E-state index is 0.00867. The van der Waals surface area contributed by atoms with E-state index in [2.05, 4.69) is 26.1 Å². The minimum Gasteiger partial charge on any atom is -0.483 e. The summed E-state index contributed by atoms with van der Waals surface area (Å²) in [5.41, 5.74) is 2.86. The molecule has 2 amide bonds. The first-order valence-electron chi connectivity index (χ1n) is 13.1. The van der Waals surface area contributed by atoms with Gasteiger partial charge in [-0.15, -0.1) is 0 Å². The number of benzene rings is 3. The fraction of sp³-hybridized carbons (Fsp3) is 0.375. The van der Waals surface area contributed by atoms with Crippen molar-refractivity contribution in [3.05, 3.63) is 102 Å². The van der Waals surface area contributed by atoms with E-state index in [-0.39, 0.29) is 29.9 Å². The summed E-state index contributed by atoms with van der Waals surface area (Å²) in [5, 5.41) is 3.10. The van der Waals surface area contributed by atoms with Crippen LogP contribution >= 0.6 is 0 Å². The Kier molecular flexibility index (Phi) is 9.90. The third-order valence-electron chi connectivity index (χ3n) is 6.51. The third kappa shape index (κ3) is 8.21. The number of hydrogen-bond acceptors (Lipinski definition) is 3. The van der Waals surface area contributed by atoms with Crippen LogP contribution < -0.4 is 10.1 Å². The zero-order valence-electron chi connectivity index (χ0n) is 22.7. The van der Waals surface area contributed by atoms with Crippen LogP contribution in [0.25, 0.3) is 0 Å². The molecule has 0 heterocycles. The zero-order chi connectivity index (χ0) is 26.8. The van der Waals surface area contributed by atoms with Crippen molar-refractivity contribution in [2.45, 2.75) is 71.5 Å². The number of nitrogens with zero attached hydrogens (tertiary/aromatic N) is 1. The van der Waals surface area contributed by atoms with Crippen LogP contribution in [-0.2, 0) is 28.0 Å². The second-order valence-electron chi connectivity index (χ2n) is 10.6. The van der Waals surface area contributed by atoms with Crippen LogP contribution in [-0.4, -0.2) is 35.4 Å². The summed E-state index contributed by atoms with van der Waals surface area (Å²) in [6, 6.07) is 26.8. The Labute approximate surface area is 221 Å². The fourth-order valence-corrected chi connectivity index (χ4v) is 4.21. The molecule has 0 fully saturated rings. The molecule has 37 heavy (non-hydrogen) atoms. The first kappa shape index (κ1) is 28.0. The van der Waals surface area contributed by atoms with Crippen molar-refractivity contribution in [3.8, 4) is 5.75 Å². The summed E-state index contributed by atoms with van der Waals surface area (Å²) in [4.78, 5) is 29.0. The highest BCUT2D eigenvalue weighted by Crippen LogP contribution is 2.31. The van der Waals surface area contributed by atoms with Gasteiger partial charge in [0.25, 0.3) is 5.91 Å². The van der Waals surface area contributed by atoms with Crippen LogP contribution in [0.3, 0.4) is 0 Å². The number of hydrogen-bond donors (Lipinski definition) is 1. The van der Waals surface area contributed by atoms with Gasteiger partial charge in [0, 0.05) is 19.0 Å². The molecule has 196 valence electrons. The van der Waals surface area contributed by atoms with E-state index >= 15 is 0 Å². The van der Waals surface area contributed by atoms with Gasteiger partial charge in [0.1, 0.15) is 11.8 Å². The molecule has 3 rings (SSSR count). The highest BCUT2D eigenvalue weighted by molar-refractivity contribution is 5.88. The number of carbonyl (C=O) groups is 2. The molecule has 0 radical (unpaired) electrons. The summed E-state index contributed by atoms with van der Waals surface area (Å²) in [5.74, 6) is 0.303. The van der Waals surface area contributed by atoms with E-state index in [4.69, 9.17) is 4.74 Å². The lowest BCUT2D eigenvalue weighted by Crippen LogP contribution is -2.53. The molecule has 2 atom stereocenters. The molecule has 0 saturated carbocycles. The maximum atomic E-state index is 13.8. The molecule has 0 bridgehead atoms. The average molecular weight is 501 g/mol. The maximum Gasteiger partial charge on any atom is 0.261 e. The lowest BCUT2D eigenvalue weighted by Gasteiger charge is -2.32. The molecule has 5 heteroatoms. The smallest absolute Gasteiger partial charge is 0.261 e. The maximum absolute atomic E-state index is 13.8. The monoisotopic (exact) mass is 500 g/mol. The van der Waals surface area contributed by atoms with E-state index in [1.165, 1.54) is 0 Å². The van der Waals surface area contributed by atoms with Gasteiger partial charge in [-0.25, -0.2) is 0 Å². The number of nitrogens with one attached hydrogen (secondary N) is 1. The first-order chi connectivity index (χ1) is 17.7. The molecular formula is C32H40N2O3. The van der Waals surface area contributed by atoms with Crippen LogP contribution in [0.1, 0.15) is 57.7 Å². The van der Waals surface area contributed by atoms with Crippen molar-refractivity contribution in [1.82, 2.24) is 10.2 Å². The Balaban J connectivity index is 1.92. The fourth-order valence-electron chi connectivity index (χ4n) is 4.21. The molecule has 1 N–H and O–H groups in total. The minimum atomic E-state index is -0.675. The third-order valence-corrected chi connectivity index (χ3v) is 6.51. The molecule has 0 aliphatic heterocycles. The SMILES string of the molecule is CC[C@H](C)NC(=O)[C@@H](Cc1ccccc1)N(Cc1ccccc1)C(=O)COc1ccccc1C(C)(C)C. The van der Waals surface area contributed by atoms with Gasteiger partial charge in [0.2, 0.25) is 5.91 Å². The number of para-hydroxylation sites is 1. The normalized spacial score (nSPS) is 12.9. The molecule has 0 unspecified atom stereocenters. The van der Waals surface area contributed by atoms with Gasteiger partial charge in [-0.1, -0.05) is 107 Å². The Bertz CT molecular complexity index is 1140. The summed E-state index contributed by atoms with van der Waals surface area (Å²) in [6.45, 7) is 10.5. The van der Waals surface area contributed by atoms with Crippen LogP contribution in [0.2, 0.25) is 0 Å². The van der Waals surface area contributed by atoms with E-state index in [1.54, 1.807) is 4.90 Å². The first-order valence-corrected chi connectivity index (χ1v) is 13.1. The van der Waals surface area contributed by atoms with E-state index in [9.17, 15) is 9.59 Å². The summed E-state index contributed by atoms with van der Waals surface area (Å²) >= 11 is 0. The number of carbonyl (C=O) groups excluding carboxylic acids is 2. The summed E-state index contributed by atoms with van der Waals surface area (Å²) < 4.78 is 6.10. The topological polar surface area (TPSA) is 58.6 Å². The molecule has 0 spiro atoms. The number of ether oxygens (including phenoxy) is 1. The van der Waals surface area contributed by atoms with Crippen molar-refractivity contribution in [3.63, 3.8) is 0 Å². The van der Waals surface area contributed by atoms with E-state index in [1.807, 2.05) is 98.8 Å². The highest BCUT2D eigenvalue weighted by atomic mass is 16.5.